The molecule has 4 rings (SSSR count). The molecule has 1 aromatic carbocycles. The number of ether oxygens (including phenoxy) is 1. The molecule has 3 heterocycles. The normalized spacial score (nSPS) is 31.0. The first kappa shape index (κ1) is 15.3. The number of amides is 3. The van der Waals surface area contributed by atoms with Crippen LogP contribution in [0.2, 0.25) is 0 Å². The molecule has 6 heteroatoms. The van der Waals surface area contributed by atoms with E-state index in [1.54, 1.807) is 12.1 Å². The molecular weight excluding hydrogens is 308 g/mol. The van der Waals surface area contributed by atoms with Crippen LogP contribution in [0.15, 0.2) is 24.3 Å². The topological polar surface area (TPSA) is 75.7 Å². The van der Waals surface area contributed by atoms with Crippen LogP contribution in [-0.2, 0) is 14.3 Å². The third kappa shape index (κ3) is 2.17. The highest BCUT2D eigenvalue weighted by Gasteiger charge is 2.62. The van der Waals surface area contributed by atoms with E-state index in [4.69, 9.17) is 4.74 Å². The van der Waals surface area contributed by atoms with Crippen LogP contribution in [-0.4, -0.2) is 34.9 Å². The van der Waals surface area contributed by atoms with Gasteiger partial charge < -0.3 is 4.74 Å². The van der Waals surface area contributed by atoms with Gasteiger partial charge in [0.15, 0.2) is 0 Å². The van der Waals surface area contributed by atoms with Crippen LogP contribution in [0.3, 0.4) is 0 Å². The van der Waals surface area contributed by atoms with Gasteiger partial charge in [-0.05, 0) is 36.5 Å². The lowest BCUT2D eigenvalue weighted by atomic mass is 9.81. The van der Waals surface area contributed by atoms with Crippen LogP contribution in [0.5, 0.6) is 0 Å². The minimum absolute atomic E-state index is 0.177. The zero-order valence-corrected chi connectivity index (χ0v) is 13.7. The summed E-state index contributed by atoms with van der Waals surface area (Å²) in [5, 5.41) is 0.905. The van der Waals surface area contributed by atoms with Gasteiger partial charge in [0.1, 0.15) is 0 Å². The predicted molar refractivity (Wildman–Crippen MR) is 84.7 cm³/mol. The molecule has 1 aromatic rings. The van der Waals surface area contributed by atoms with Crippen LogP contribution in [0, 0.1) is 11.8 Å². The predicted octanol–water partition coefficient (Wildman–Crippen LogP) is 1.62. The van der Waals surface area contributed by atoms with E-state index in [9.17, 15) is 14.4 Å². The number of hydrogen-bond acceptors (Lipinski definition) is 4. The van der Waals surface area contributed by atoms with E-state index in [1.165, 1.54) is 0 Å². The van der Waals surface area contributed by atoms with Gasteiger partial charge in [0.05, 0.1) is 24.0 Å². The summed E-state index contributed by atoms with van der Waals surface area (Å²) in [4.78, 5) is 37.4. The van der Waals surface area contributed by atoms with Gasteiger partial charge in [-0.3, -0.25) is 19.8 Å². The van der Waals surface area contributed by atoms with Crippen molar-refractivity contribution in [2.75, 3.05) is 0 Å². The van der Waals surface area contributed by atoms with Crippen LogP contribution >= 0.6 is 0 Å². The van der Waals surface area contributed by atoms with Gasteiger partial charge >= 0.3 is 0 Å². The maximum atomic E-state index is 12.5. The average Bonchev–Trinajstić information content (AvgIpc) is 3.24. The number of carbonyl (C=O) groups is 3. The Morgan fingerprint density at radius 2 is 1.62 bits per heavy atom. The van der Waals surface area contributed by atoms with Gasteiger partial charge in [0.25, 0.3) is 17.7 Å². The van der Waals surface area contributed by atoms with Crippen molar-refractivity contribution in [3.63, 3.8) is 0 Å². The Hall–Kier alpha value is -2.21. The first-order valence-corrected chi connectivity index (χ1v) is 8.41. The molecule has 3 fully saturated rings. The molecular formula is C18H20N2O4. The quantitative estimate of drug-likeness (QED) is 0.856. The Morgan fingerprint density at radius 1 is 1.08 bits per heavy atom. The van der Waals surface area contributed by atoms with Crippen molar-refractivity contribution in [1.82, 2.24) is 10.4 Å². The van der Waals surface area contributed by atoms with Crippen molar-refractivity contribution >= 4 is 17.7 Å². The zero-order chi connectivity index (χ0) is 17.0. The summed E-state index contributed by atoms with van der Waals surface area (Å²) in [6, 6.07) is 7.19. The van der Waals surface area contributed by atoms with E-state index in [-0.39, 0.29) is 24.0 Å². The fourth-order valence-corrected chi connectivity index (χ4v) is 4.01. The van der Waals surface area contributed by atoms with Crippen molar-refractivity contribution in [2.24, 2.45) is 11.8 Å². The highest BCUT2D eigenvalue weighted by molar-refractivity contribution is 6.08. The van der Waals surface area contributed by atoms with Crippen molar-refractivity contribution in [3.8, 4) is 0 Å². The van der Waals surface area contributed by atoms with Crippen LogP contribution < -0.4 is 5.43 Å². The number of nitrogens with one attached hydrogen (secondary N) is 1. The molecule has 24 heavy (non-hydrogen) atoms. The van der Waals surface area contributed by atoms with Crippen molar-refractivity contribution in [1.29, 1.82) is 0 Å². The van der Waals surface area contributed by atoms with E-state index in [0.717, 1.165) is 23.4 Å². The number of rotatable bonds is 3. The zero-order valence-electron chi connectivity index (χ0n) is 13.7. The Balaban J connectivity index is 1.50. The van der Waals surface area contributed by atoms with Crippen molar-refractivity contribution < 1.29 is 19.1 Å². The first-order chi connectivity index (χ1) is 11.5. The highest BCUT2D eigenvalue weighted by atomic mass is 16.5. The van der Waals surface area contributed by atoms with Gasteiger partial charge in [-0.15, -0.1) is 0 Å². The largest absolute Gasteiger partial charge is 0.373 e. The first-order valence-electron chi connectivity index (χ1n) is 8.41. The van der Waals surface area contributed by atoms with Crippen LogP contribution in [0.25, 0.3) is 0 Å². The highest BCUT2D eigenvalue weighted by Crippen LogP contribution is 2.48. The maximum absolute atomic E-state index is 12.5. The monoisotopic (exact) mass is 328 g/mol. The summed E-state index contributed by atoms with van der Waals surface area (Å²) in [6.45, 7) is 4.15. The molecule has 0 spiro atoms. The average molecular weight is 328 g/mol. The summed E-state index contributed by atoms with van der Waals surface area (Å²) >= 11 is 0. The molecule has 1 N–H and O–H groups in total. The molecule has 0 saturated carbocycles. The Labute approximate surface area is 140 Å². The van der Waals surface area contributed by atoms with Gasteiger partial charge in [0, 0.05) is 5.56 Å². The fourth-order valence-electron chi connectivity index (χ4n) is 4.01. The van der Waals surface area contributed by atoms with Gasteiger partial charge in [-0.1, -0.05) is 26.0 Å². The molecule has 3 aliphatic heterocycles. The number of fused-ring (bicyclic) bond motifs is 5. The molecule has 3 saturated heterocycles. The molecule has 3 aliphatic rings. The number of hydrazine groups is 1. The second-order valence-electron chi connectivity index (χ2n) is 7.07. The Bertz CT molecular complexity index is 684. The molecule has 126 valence electrons. The molecule has 0 aromatic heterocycles. The SMILES string of the molecule is CC(C)c1ccc(C(=O)NN2C(=O)[C@@H]3[C@H](C2=O)[C@@H]2CC[C@H]3O2)cc1. The Morgan fingerprint density at radius 3 is 2.12 bits per heavy atom. The van der Waals surface area contributed by atoms with Gasteiger partial charge in [0.2, 0.25) is 0 Å². The van der Waals surface area contributed by atoms with E-state index < -0.39 is 17.7 Å². The molecule has 0 radical (unpaired) electrons. The Kier molecular flexibility index (Phi) is 3.46. The number of hydrogen-bond donors (Lipinski definition) is 1. The third-order valence-corrected chi connectivity index (χ3v) is 5.34. The lowest BCUT2D eigenvalue weighted by Crippen LogP contribution is -2.47. The molecule has 4 atom stereocenters. The lowest BCUT2D eigenvalue weighted by Gasteiger charge is -2.18. The van der Waals surface area contributed by atoms with Crippen molar-refractivity contribution in [2.45, 2.75) is 44.8 Å². The number of carbonyl (C=O) groups excluding carboxylic acids is 3. The van der Waals surface area contributed by atoms with E-state index >= 15 is 0 Å². The molecule has 0 aliphatic carbocycles. The fraction of sp³-hybridized carbons (Fsp3) is 0.500. The van der Waals surface area contributed by atoms with Crippen LogP contribution in [0.1, 0.15) is 48.5 Å². The van der Waals surface area contributed by atoms with Crippen LogP contribution in [0.4, 0.5) is 0 Å². The molecule has 3 amide bonds. The molecule has 2 bridgehead atoms. The molecule has 6 nitrogen and oxygen atoms in total. The van der Waals surface area contributed by atoms with Crippen molar-refractivity contribution in [3.05, 3.63) is 35.4 Å². The minimum Gasteiger partial charge on any atom is -0.373 e. The van der Waals surface area contributed by atoms with Gasteiger partial charge in [-0.25, -0.2) is 0 Å². The summed E-state index contributed by atoms with van der Waals surface area (Å²) in [7, 11) is 0. The summed E-state index contributed by atoms with van der Waals surface area (Å²) in [5.41, 5.74) is 4.04. The van der Waals surface area contributed by atoms with E-state index in [1.807, 2.05) is 12.1 Å². The number of nitrogens with zero attached hydrogens (tertiary/aromatic N) is 1. The number of benzene rings is 1. The summed E-state index contributed by atoms with van der Waals surface area (Å²) in [5.74, 6) is -1.62. The maximum Gasteiger partial charge on any atom is 0.270 e. The smallest absolute Gasteiger partial charge is 0.270 e. The summed E-state index contributed by atoms with van der Waals surface area (Å²) in [6.07, 6.45) is 1.26. The lowest BCUT2D eigenvalue weighted by molar-refractivity contribution is -0.145. The third-order valence-electron chi connectivity index (χ3n) is 5.34. The number of imide groups is 1. The van der Waals surface area contributed by atoms with Gasteiger partial charge in [-0.2, -0.15) is 5.01 Å². The van der Waals surface area contributed by atoms with E-state index in [2.05, 4.69) is 19.3 Å². The molecule has 0 unspecified atom stereocenters. The standard InChI is InChI=1S/C18H20N2O4/c1-9(2)10-3-5-11(6-4-10)16(21)19-20-17(22)14-12-7-8-13(24-12)15(14)18(20)23/h3-6,9,12-15H,7-8H2,1-2H3,(H,19,21)/t12-,13+,14+,15-. The second-order valence-corrected chi connectivity index (χ2v) is 7.07. The summed E-state index contributed by atoms with van der Waals surface area (Å²) < 4.78 is 5.67. The minimum atomic E-state index is -0.444. The van der Waals surface area contributed by atoms with E-state index in [0.29, 0.717) is 11.5 Å². The second kappa shape index (κ2) is 5.41.